The zero-order valence-corrected chi connectivity index (χ0v) is 23.7. The van der Waals surface area contributed by atoms with Gasteiger partial charge >= 0.3 is 0 Å². The maximum absolute atomic E-state index is 9.93. The number of anilines is 6. The van der Waals surface area contributed by atoms with E-state index in [0.29, 0.717) is 46.0 Å². The van der Waals surface area contributed by atoms with Crippen molar-refractivity contribution >= 4 is 34.6 Å². The molecule has 0 radical (unpaired) electrons. The van der Waals surface area contributed by atoms with Gasteiger partial charge in [0.25, 0.3) is 0 Å². The van der Waals surface area contributed by atoms with Crippen molar-refractivity contribution in [2.45, 2.75) is 13.8 Å². The van der Waals surface area contributed by atoms with Gasteiger partial charge in [-0.3, -0.25) is 19.8 Å². The molecule has 2 aromatic carbocycles. The van der Waals surface area contributed by atoms with E-state index in [4.69, 9.17) is 19.9 Å². The van der Waals surface area contributed by atoms with E-state index in [1.54, 1.807) is 12.4 Å². The van der Waals surface area contributed by atoms with Crippen LogP contribution in [0.25, 0.3) is 22.8 Å². The van der Waals surface area contributed by atoms with Gasteiger partial charge in [0.15, 0.2) is 34.7 Å². The lowest BCUT2D eigenvalue weighted by Gasteiger charge is -2.37. The lowest BCUT2D eigenvalue weighted by molar-refractivity contribution is 0.975. The fourth-order valence-electron chi connectivity index (χ4n) is 5.03. The molecule has 0 amide bonds. The predicted molar refractivity (Wildman–Crippen MR) is 166 cm³/mol. The van der Waals surface area contributed by atoms with Crippen LogP contribution in [0, 0.1) is 36.5 Å². The Morgan fingerprint density at radius 3 is 1.23 bits per heavy atom. The fourth-order valence-corrected chi connectivity index (χ4v) is 5.03. The number of aromatic nitrogens is 6. The first-order chi connectivity index (χ1) is 21.6. The van der Waals surface area contributed by atoms with Gasteiger partial charge in [0.05, 0.1) is 11.4 Å². The minimum atomic E-state index is -0.0846. The molecule has 10 nitrogen and oxygen atoms in total. The summed E-state index contributed by atoms with van der Waals surface area (Å²) in [7, 11) is 0. The third kappa shape index (κ3) is 4.44. The molecular weight excluding hydrogens is 548 g/mol. The van der Waals surface area contributed by atoms with Gasteiger partial charge in [-0.05, 0) is 62.4 Å². The molecule has 1 aliphatic rings. The largest absolute Gasteiger partial charge is 0.273 e. The number of benzene rings is 2. The van der Waals surface area contributed by atoms with Crippen molar-refractivity contribution in [2.24, 2.45) is 0 Å². The van der Waals surface area contributed by atoms with E-state index in [1.807, 2.05) is 121 Å². The van der Waals surface area contributed by atoms with Crippen LogP contribution >= 0.6 is 0 Å². The maximum atomic E-state index is 9.93. The van der Waals surface area contributed by atoms with Crippen LogP contribution in [-0.2, 0) is 0 Å². The SMILES string of the molecule is Cc1ccc(N2c3nc(C#N)c(C#N)nc3N(c3ccc(C)cc3)c3nc(-c4ccccn4)c(-c4ccccn4)nc32)cc1. The molecule has 0 bridgehead atoms. The van der Waals surface area contributed by atoms with Gasteiger partial charge in [0.2, 0.25) is 0 Å². The molecule has 0 saturated heterocycles. The van der Waals surface area contributed by atoms with Gasteiger partial charge in [-0.2, -0.15) is 10.5 Å². The van der Waals surface area contributed by atoms with E-state index >= 15 is 0 Å². The molecule has 0 spiro atoms. The van der Waals surface area contributed by atoms with Crippen LogP contribution in [-0.4, -0.2) is 29.9 Å². The van der Waals surface area contributed by atoms with E-state index in [0.717, 1.165) is 22.5 Å². The van der Waals surface area contributed by atoms with Gasteiger partial charge < -0.3 is 0 Å². The van der Waals surface area contributed by atoms with Crippen molar-refractivity contribution < 1.29 is 0 Å². The molecule has 4 aromatic heterocycles. The number of hydrogen-bond donors (Lipinski definition) is 0. The van der Waals surface area contributed by atoms with Crippen LogP contribution in [0.5, 0.6) is 0 Å². The van der Waals surface area contributed by atoms with E-state index < -0.39 is 0 Å². The number of pyridine rings is 2. The molecule has 7 rings (SSSR count). The van der Waals surface area contributed by atoms with Crippen LogP contribution < -0.4 is 9.80 Å². The number of aryl methyl sites for hydroxylation is 2. The summed E-state index contributed by atoms with van der Waals surface area (Å²) in [5.41, 5.74) is 5.71. The highest BCUT2D eigenvalue weighted by molar-refractivity contribution is 5.97. The van der Waals surface area contributed by atoms with Crippen LogP contribution in [0.15, 0.2) is 97.3 Å². The second-order valence-corrected chi connectivity index (χ2v) is 10.1. The Kier molecular flexibility index (Phi) is 6.42. The van der Waals surface area contributed by atoms with Crippen molar-refractivity contribution in [3.63, 3.8) is 0 Å². The molecule has 44 heavy (non-hydrogen) atoms. The minimum absolute atomic E-state index is 0.0846. The van der Waals surface area contributed by atoms with Gasteiger partial charge in [-0.25, -0.2) is 19.9 Å². The van der Waals surface area contributed by atoms with E-state index in [2.05, 4.69) is 9.97 Å². The van der Waals surface area contributed by atoms with E-state index in [9.17, 15) is 10.5 Å². The monoisotopic (exact) mass is 570 g/mol. The molecule has 0 fully saturated rings. The minimum Gasteiger partial charge on any atom is -0.273 e. The fraction of sp³-hybridized carbons (Fsp3) is 0.0588. The third-order valence-corrected chi connectivity index (χ3v) is 7.18. The highest BCUT2D eigenvalue weighted by atomic mass is 15.4. The summed E-state index contributed by atoms with van der Waals surface area (Å²) in [5.74, 6) is 1.57. The molecular formula is C34H22N10. The molecule has 0 aliphatic carbocycles. The summed E-state index contributed by atoms with van der Waals surface area (Å²) in [5, 5.41) is 19.9. The quantitative estimate of drug-likeness (QED) is 0.218. The Hall–Kier alpha value is -6.52. The first-order valence-corrected chi connectivity index (χ1v) is 13.8. The summed E-state index contributed by atoms with van der Waals surface area (Å²) in [6.45, 7) is 4.01. The van der Waals surface area contributed by atoms with E-state index in [1.165, 1.54) is 0 Å². The Bertz CT molecular complexity index is 1950. The van der Waals surface area contributed by atoms with Gasteiger partial charge in [-0.15, -0.1) is 0 Å². The summed E-state index contributed by atoms with van der Waals surface area (Å²) in [6, 6.07) is 31.0. The Morgan fingerprint density at radius 1 is 0.500 bits per heavy atom. The number of nitriles is 2. The van der Waals surface area contributed by atoms with Gasteiger partial charge in [0, 0.05) is 23.8 Å². The summed E-state index contributed by atoms with van der Waals surface area (Å²) < 4.78 is 0. The van der Waals surface area contributed by atoms with Crippen molar-refractivity contribution in [3.8, 4) is 34.9 Å². The summed E-state index contributed by atoms with van der Waals surface area (Å²) in [4.78, 5) is 32.7. The maximum Gasteiger partial charge on any atom is 0.184 e. The van der Waals surface area contributed by atoms with Crippen LogP contribution in [0.4, 0.5) is 34.6 Å². The van der Waals surface area contributed by atoms with E-state index in [-0.39, 0.29) is 11.4 Å². The molecule has 208 valence electrons. The first kappa shape index (κ1) is 26.4. The van der Waals surface area contributed by atoms with Crippen LogP contribution in [0.1, 0.15) is 22.5 Å². The molecule has 0 atom stereocenters. The Labute approximate surface area is 253 Å². The summed E-state index contributed by atoms with van der Waals surface area (Å²) >= 11 is 0. The van der Waals surface area contributed by atoms with Gasteiger partial charge in [-0.1, -0.05) is 47.5 Å². The third-order valence-electron chi connectivity index (χ3n) is 7.18. The topological polar surface area (TPSA) is 131 Å². The molecule has 10 heteroatoms. The number of fused-ring (bicyclic) bond motifs is 2. The number of nitrogens with zero attached hydrogens (tertiary/aromatic N) is 10. The highest BCUT2D eigenvalue weighted by Gasteiger charge is 2.38. The Balaban J connectivity index is 1.62. The second-order valence-electron chi connectivity index (χ2n) is 10.1. The molecule has 6 aromatic rings. The van der Waals surface area contributed by atoms with Crippen molar-refractivity contribution in [1.82, 2.24) is 29.9 Å². The lowest BCUT2D eigenvalue weighted by atomic mass is 10.1. The average Bonchev–Trinajstić information content (AvgIpc) is 3.08. The van der Waals surface area contributed by atoms with Crippen molar-refractivity contribution in [3.05, 3.63) is 120 Å². The van der Waals surface area contributed by atoms with Crippen LogP contribution in [0.3, 0.4) is 0 Å². The molecule has 0 N–H and O–H groups in total. The standard InChI is InChI=1S/C34H22N10/c1-21-9-13-23(14-10-21)43-31-32(40-28(20-36)27(19-35)39-31)44(24-15-11-22(2)12-16-24)34-33(43)41-29(25-7-3-5-17-37-25)30(42-34)26-8-4-6-18-38-26/h3-18H,1-2H3. The molecule has 0 unspecified atom stereocenters. The molecule has 1 aliphatic heterocycles. The second kappa shape index (κ2) is 10.7. The number of hydrogen-bond acceptors (Lipinski definition) is 10. The highest BCUT2D eigenvalue weighted by Crippen LogP contribution is 2.52. The van der Waals surface area contributed by atoms with Crippen LogP contribution in [0.2, 0.25) is 0 Å². The lowest BCUT2D eigenvalue weighted by Crippen LogP contribution is -2.29. The van der Waals surface area contributed by atoms with Crippen molar-refractivity contribution in [2.75, 3.05) is 9.80 Å². The normalized spacial score (nSPS) is 11.7. The first-order valence-electron chi connectivity index (χ1n) is 13.8. The number of rotatable bonds is 4. The molecule has 0 saturated carbocycles. The summed E-state index contributed by atoms with van der Waals surface area (Å²) in [6.07, 6.45) is 3.41. The smallest absolute Gasteiger partial charge is 0.184 e. The zero-order valence-electron chi connectivity index (χ0n) is 23.7. The Morgan fingerprint density at radius 2 is 0.886 bits per heavy atom. The predicted octanol–water partition coefficient (Wildman–Crippen LogP) is 7.00. The molecule has 5 heterocycles. The van der Waals surface area contributed by atoms with Gasteiger partial charge in [0.1, 0.15) is 23.5 Å². The zero-order chi connectivity index (χ0) is 30.2. The van der Waals surface area contributed by atoms with Crippen molar-refractivity contribution in [1.29, 1.82) is 10.5 Å². The average molecular weight is 571 g/mol.